The van der Waals surface area contributed by atoms with Crippen molar-refractivity contribution >= 4 is 11.7 Å². The SMILES string of the molecule is Cc1ccc(NC(=O)N2C[C@@H]3C[C@@](O)(c4ccccc4C)C[C@@H]3C2)c(C)c1. The Hall–Kier alpha value is -2.33. The molecule has 2 aromatic rings. The van der Waals surface area contributed by atoms with Crippen LogP contribution in [0.5, 0.6) is 0 Å². The number of benzene rings is 2. The number of anilines is 1. The molecule has 2 amide bonds. The number of hydrogen-bond acceptors (Lipinski definition) is 2. The summed E-state index contributed by atoms with van der Waals surface area (Å²) in [5.74, 6) is 0.721. The molecule has 0 radical (unpaired) electrons. The zero-order valence-electron chi connectivity index (χ0n) is 16.3. The molecule has 142 valence electrons. The Morgan fingerprint density at radius 3 is 2.33 bits per heavy atom. The molecule has 3 atom stereocenters. The maximum absolute atomic E-state index is 12.7. The van der Waals surface area contributed by atoms with Crippen LogP contribution in [0.1, 0.15) is 35.1 Å². The standard InChI is InChI=1S/C23H28N2O2/c1-15-8-9-21(17(3)10-15)24-22(26)25-13-18-11-23(27,12-19(18)14-25)20-7-5-4-6-16(20)2/h4-10,18-19,27H,11-14H2,1-3H3,(H,24,26)/t18-,19+,23-. The predicted octanol–water partition coefficient (Wildman–Crippen LogP) is 4.37. The Kier molecular flexibility index (Phi) is 4.47. The molecule has 1 heterocycles. The summed E-state index contributed by atoms with van der Waals surface area (Å²) >= 11 is 0. The van der Waals surface area contributed by atoms with Crippen LogP contribution in [0.15, 0.2) is 42.5 Å². The number of carbonyl (C=O) groups excluding carboxylic acids is 1. The molecule has 0 bridgehead atoms. The zero-order chi connectivity index (χ0) is 19.2. The number of rotatable bonds is 2. The highest BCUT2D eigenvalue weighted by Gasteiger charge is 2.50. The van der Waals surface area contributed by atoms with E-state index >= 15 is 0 Å². The van der Waals surface area contributed by atoms with E-state index in [0.717, 1.165) is 48.3 Å². The lowest BCUT2D eigenvalue weighted by Crippen LogP contribution is -2.35. The zero-order valence-corrected chi connectivity index (χ0v) is 16.3. The van der Waals surface area contributed by atoms with Gasteiger partial charge in [-0.05, 0) is 68.2 Å². The fourth-order valence-electron chi connectivity index (χ4n) is 4.98. The normalized spacial score (nSPS) is 26.9. The molecule has 4 heteroatoms. The van der Waals surface area contributed by atoms with Crippen LogP contribution in [0.3, 0.4) is 0 Å². The van der Waals surface area contributed by atoms with Crippen molar-refractivity contribution in [2.45, 2.75) is 39.2 Å². The van der Waals surface area contributed by atoms with Gasteiger partial charge in [-0.2, -0.15) is 0 Å². The lowest BCUT2D eigenvalue weighted by molar-refractivity contribution is 0.0322. The van der Waals surface area contributed by atoms with Crippen molar-refractivity contribution in [3.8, 4) is 0 Å². The predicted molar refractivity (Wildman–Crippen MR) is 108 cm³/mol. The first-order valence-electron chi connectivity index (χ1n) is 9.77. The molecule has 1 saturated heterocycles. The summed E-state index contributed by atoms with van der Waals surface area (Å²) < 4.78 is 0. The van der Waals surface area contributed by atoms with Crippen molar-refractivity contribution in [3.63, 3.8) is 0 Å². The van der Waals surface area contributed by atoms with Crippen molar-refractivity contribution in [1.29, 1.82) is 0 Å². The largest absolute Gasteiger partial charge is 0.385 e. The number of fused-ring (bicyclic) bond motifs is 1. The minimum Gasteiger partial charge on any atom is -0.385 e. The summed E-state index contributed by atoms with van der Waals surface area (Å²) in [5.41, 5.74) is 4.58. The lowest BCUT2D eigenvalue weighted by atomic mass is 9.87. The van der Waals surface area contributed by atoms with Crippen molar-refractivity contribution in [1.82, 2.24) is 4.90 Å². The average Bonchev–Trinajstić information content (AvgIpc) is 3.13. The van der Waals surface area contributed by atoms with Crippen LogP contribution in [-0.2, 0) is 5.60 Å². The first-order chi connectivity index (χ1) is 12.9. The van der Waals surface area contributed by atoms with E-state index in [1.165, 1.54) is 5.56 Å². The summed E-state index contributed by atoms with van der Waals surface area (Å²) in [7, 11) is 0. The molecule has 0 unspecified atom stereocenters. The third kappa shape index (κ3) is 3.34. The molecule has 0 spiro atoms. The molecule has 2 N–H and O–H groups in total. The second-order valence-corrected chi connectivity index (χ2v) is 8.43. The van der Waals surface area contributed by atoms with Gasteiger partial charge in [0.2, 0.25) is 0 Å². The van der Waals surface area contributed by atoms with E-state index in [4.69, 9.17) is 0 Å². The summed E-state index contributed by atoms with van der Waals surface area (Å²) in [6.07, 6.45) is 1.46. The molecule has 1 aliphatic carbocycles. The van der Waals surface area contributed by atoms with Gasteiger partial charge in [0.25, 0.3) is 0 Å². The van der Waals surface area contributed by atoms with Crippen molar-refractivity contribution in [3.05, 3.63) is 64.7 Å². The maximum Gasteiger partial charge on any atom is 0.321 e. The second kappa shape index (κ2) is 6.68. The fourth-order valence-corrected chi connectivity index (χ4v) is 4.98. The van der Waals surface area contributed by atoms with Crippen LogP contribution in [0, 0.1) is 32.6 Å². The molecule has 4 rings (SSSR count). The first-order valence-corrected chi connectivity index (χ1v) is 9.77. The number of likely N-dealkylation sites (tertiary alicyclic amines) is 1. The molecule has 2 fully saturated rings. The quantitative estimate of drug-likeness (QED) is 0.831. The Morgan fingerprint density at radius 2 is 1.70 bits per heavy atom. The Balaban J connectivity index is 1.42. The van der Waals surface area contributed by atoms with E-state index in [9.17, 15) is 9.90 Å². The summed E-state index contributed by atoms with van der Waals surface area (Å²) in [6.45, 7) is 7.57. The van der Waals surface area contributed by atoms with Gasteiger partial charge in [0.05, 0.1) is 5.60 Å². The number of aryl methyl sites for hydroxylation is 3. The van der Waals surface area contributed by atoms with Gasteiger partial charge in [0.15, 0.2) is 0 Å². The van der Waals surface area contributed by atoms with Gasteiger partial charge in [-0.15, -0.1) is 0 Å². The van der Waals surface area contributed by atoms with Crippen LogP contribution in [0.25, 0.3) is 0 Å². The van der Waals surface area contributed by atoms with E-state index < -0.39 is 5.60 Å². The van der Waals surface area contributed by atoms with Crippen LogP contribution >= 0.6 is 0 Å². The second-order valence-electron chi connectivity index (χ2n) is 8.43. The molecule has 1 saturated carbocycles. The van der Waals surface area contributed by atoms with E-state index in [-0.39, 0.29) is 6.03 Å². The molecule has 4 nitrogen and oxygen atoms in total. The topological polar surface area (TPSA) is 52.6 Å². The highest BCUT2D eigenvalue weighted by Crippen LogP contribution is 2.49. The summed E-state index contributed by atoms with van der Waals surface area (Å²) in [4.78, 5) is 14.6. The number of amides is 2. The number of nitrogens with one attached hydrogen (secondary N) is 1. The number of carbonyl (C=O) groups is 1. The molecule has 1 aliphatic heterocycles. The minimum absolute atomic E-state index is 0.0317. The monoisotopic (exact) mass is 364 g/mol. The van der Waals surface area contributed by atoms with Gasteiger partial charge in [-0.25, -0.2) is 4.79 Å². The summed E-state index contributed by atoms with van der Waals surface area (Å²) in [5, 5.41) is 14.3. The average molecular weight is 364 g/mol. The van der Waals surface area contributed by atoms with Crippen LogP contribution < -0.4 is 5.32 Å². The number of hydrogen-bond donors (Lipinski definition) is 2. The van der Waals surface area contributed by atoms with E-state index in [1.807, 2.05) is 42.2 Å². The molecular weight excluding hydrogens is 336 g/mol. The Labute approximate surface area is 161 Å². The van der Waals surface area contributed by atoms with Gasteiger partial charge in [-0.3, -0.25) is 0 Å². The van der Waals surface area contributed by atoms with Gasteiger partial charge in [0.1, 0.15) is 0 Å². The molecule has 2 aliphatic rings. The molecule has 0 aromatic heterocycles. The van der Waals surface area contributed by atoms with Crippen molar-refractivity contribution in [2.75, 3.05) is 18.4 Å². The minimum atomic E-state index is -0.753. The highest BCUT2D eigenvalue weighted by atomic mass is 16.3. The van der Waals surface area contributed by atoms with Crippen LogP contribution in [0.2, 0.25) is 0 Å². The van der Waals surface area contributed by atoms with E-state index in [0.29, 0.717) is 11.8 Å². The molecule has 27 heavy (non-hydrogen) atoms. The first kappa shape index (κ1) is 18.1. The number of aliphatic hydroxyl groups is 1. The van der Waals surface area contributed by atoms with Crippen molar-refractivity contribution < 1.29 is 9.90 Å². The summed E-state index contributed by atoms with van der Waals surface area (Å²) in [6, 6.07) is 14.1. The molecular formula is C23H28N2O2. The van der Waals surface area contributed by atoms with Gasteiger partial charge < -0.3 is 15.3 Å². The fraction of sp³-hybridized carbons (Fsp3) is 0.435. The lowest BCUT2D eigenvalue weighted by Gasteiger charge is -2.28. The number of urea groups is 1. The van der Waals surface area contributed by atoms with Crippen LogP contribution in [-0.4, -0.2) is 29.1 Å². The smallest absolute Gasteiger partial charge is 0.321 e. The van der Waals surface area contributed by atoms with Gasteiger partial charge in [-0.1, -0.05) is 42.0 Å². The highest BCUT2D eigenvalue weighted by molar-refractivity contribution is 5.90. The Bertz CT molecular complexity index is 862. The van der Waals surface area contributed by atoms with E-state index in [2.05, 4.69) is 31.3 Å². The van der Waals surface area contributed by atoms with Gasteiger partial charge >= 0.3 is 6.03 Å². The van der Waals surface area contributed by atoms with Gasteiger partial charge in [0, 0.05) is 18.8 Å². The molecule has 2 aromatic carbocycles. The van der Waals surface area contributed by atoms with Crippen LogP contribution in [0.4, 0.5) is 10.5 Å². The number of nitrogens with zero attached hydrogens (tertiary/aromatic N) is 1. The van der Waals surface area contributed by atoms with E-state index in [1.54, 1.807) is 0 Å². The third-order valence-electron chi connectivity index (χ3n) is 6.33. The van der Waals surface area contributed by atoms with Crippen molar-refractivity contribution in [2.24, 2.45) is 11.8 Å². The maximum atomic E-state index is 12.7. The Morgan fingerprint density at radius 1 is 1.04 bits per heavy atom. The third-order valence-corrected chi connectivity index (χ3v) is 6.33.